The fourth-order valence-corrected chi connectivity index (χ4v) is 4.35. The molecule has 1 aliphatic heterocycles. The highest BCUT2D eigenvalue weighted by atomic mass is 79.9. The Balaban J connectivity index is 1.70. The van der Waals surface area contributed by atoms with Gasteiger partial charge in [0.1, 0.15) is 16.7 Å². The van der Waals surface area contributed by atoms with Crippen molar-refractivity contribution in [3.8, 4) is 11.6 Å². The fraction of sp³-hybridized carbons (Fsp3) is 0.312. The van der Waals surface area contributed by atoms with Gasteiger partial charge in [0, 0.05) is 6.20 Å². The molecule has 0 radical (unpaired) electrons. The number of nitrogens with zero attached hydrogens (tertiary/aromatic N) is 2. The van der Waals surface area contributed by atoms with Crippen molar-refractivity contribution in [3.05, 3.63) is 47.1 Å². The maximum atomic E-state index is 12.7. The van der Waals surface area contributed by atoms with Crippen LogP contribution in [0.5, 0.6) is 11.6 Å². The van der Waals surface area contributed by atoms with E-state index in [0.717, 1.165) is 4.47 Å². The molecule has 0 atom stereocenters. The molecule has 6 nitrogen and oxygen atoms in total. The van der Waals surface area contributed by atoms with E-state index in [1.165, 1.54) is 4.31 Å². The topological polar surface area (TPSA) is 68.7 Å². The summed E-state index contributed by atoms with van der Waals surface area (Å²) < 4.78 is 38.8. The van der Waals surface area contributed by atoms with Crippen LogP contribution in [0.15, 0.2) is 52.0 Å². The Morgan fingerprint density at radius 2 is 2.00 bits per heavy atom. The summed E-state index contributed by atoms with van der Waals surface area (Å²) in [7, 11) is -3.59. The quantitative estimate of drug-likeness (QED) is 0.729. The highest BCUT2D eigenvalue weighted by Gasteiger charge is 2.39. The van der Waals surface area contributed by atoms with Gasteiger partial charge in [0.25, 0.3) is 0 Å². The zero-order valence-electron chi connectivity index (χ0n) is 13.1. The number of ether oxygens (including phenoxy) is 2. The van der Waals surface area contributed by atoms with E-state index in [0.29, 0.717) is 18.2 Å². The molecule has 1 aliphatic rings. The van der Waals surface area contributed by atoms with E-state index in [2.05, 4.69) is 20.9 Å². The number of halogens is 1. The molecule has 0 saturated carbocycles. The minimum atomic E-state index is -3.59. The first kappa shape index (κ1) is 17.2. The van der Waals surface area contributed by atoms with Crippen LogP contribution in [0.4, 0.5) is 0 Å². The van der Waals surface area contributed by atoms with Crippen molar-refractivity contribution in [1.29, 1.82) is 0 Å². The Morgan fingerprint density at radius 1 is 1.25 bits per heavy atom. The van der Waals surface area contributed by atoms with Crippen molar-refractivity contribution in [3.63, 3.8) is 0 Å². The van der Waals surface area contributed by atoms with E-state index in [9.17, 15) is 8.42 Å². The molecule has 0 spiro atoms. The van der Waals surface area contributed by atoms with Gasteiger partial charge in [-0.05, 0) is 47.1 Å². The molecule has 1 saturated heterocycles. The number of aromatic nitrogens is 1. The summed E-state index contributed by atoms with van der Waals surface area (Å²) in [5.41, 5.74) is 0. The normalized spacial score (nSPS) is 15.8. The van der Waals surface area contributed by atoms with E-state index < -0.39 is 10.0 Å². The van der Waals surface area contributed by atoms with Gasteiger partial charge in [-0.25, -0.2) is 13.4 Å². The minimum absolute atomic E-state index is 0.185. The number of rotatable bonds is 6. The van der Waals surface area contributed by atoms with Crippen LogP contribution in [0.3, 0.4) is 0 Å². The summed E-state index contributed by atoms with van der Waals surface area (Å²) in [5.74, 6) is 0.839. The molecule has 0 aliphatic carbocycles. The van der Waals surface area contributed by atoms with Gasteiger partial charge < -0.3 is 9.47 Å². The highest BCUT2D eigenvalue weighted by Crippen LogP contribution is 2.31. The first-order valence-electron chi connectivity index (χ1n) is 7.51. The molecule has 0 unspecified atom stereocenters. The predicted octanol–water partition coefficient (Wildman–Crippen LogP) is 2.69. The summed E-state index contributed by atoms with van der Waals surface area (Å²) in [4.78, 5) is 4.31. The molecule has 1 fully saturated rings. The fourth-order valence-electron chi connectivity index (χ4n) is 2.36. The van der Waals surface area contributed by atoms with Crippen molar-refractivity contribution >= 4 is 26.0 Å². The lowest BCUT2D eigenvalue weighted by Crippen LogP contribution is -2.56. The third-order valence-electron chi connectivity index (χ3n) is 3.58. The monoisotopic (exact) mass is 412 g/mol. The largest absolute Gasteiger partial charge is 0.492 e. The molecule has 0 N–H and O–H groups in total. The van der Waals surface area contributed by atoms with E-state index in [4.69, 9.17) is 9.47 Å². The van der Waals surface area contributed by atoms with E-state index in [-0.39, 0.29) is 24.1 Å². The predicted molar refractivity (Wildman–Crippen MR) is 92.7 cm³/mol. The second kappa shape index (κ2) is 7.08. The van der Waals surface area contributed by atoms with Crippen molar-refractivity contribution in [2.24, 2.45) is 0 Å². The SMILES string of the molecule is CCOc1ccccc1S(=O)(=O)N1CC(Oc2ncccc2Br)C1. The zero-order valence-corrected chi connectivity index (χ0v) is 15.5. The van der Waals surface area contributed by atoms with Gasteiger partial charge in [0.2, 0.25) is 15.9 Å². The van der Waals surface area contributed by atoms with E-state index in [1.54, 1.807) is 36.5 Å². The smallest absolute Gasteiger partial charge is 0.247 e. The van der Waals surface area contributed by atoms with Crippen LogP contribution in [0.2, 0.25) is 0 Å². The Bertz CT molecular complexity index is 822. The summed E-state index contributed by atoms with van der Waals surface area (Å²) in [6.07, 6.45) is 1.41. The van der Waals surface area contributed by atoms with Gasteiger partial charge >= 0.3 is 0 Å². The molecule has 1 aromatic heterocycles. The van der Waals surface area contributed by atoms with Crippen LogP contribution in [-0.4, -0.2) is 43.5 Å². The molecule has 8 heteroatoms. The van der Waals surface area contributed by atoms with E-state index in [1.807, 2.05) is 13.0 Å². The molecule has 2 heterocycles. The standard InChI is InChI=1S/C16H17BrN2O4S/c1-2-22-14-7-3-4-8-15(14)24(20,21)19-10-12(11-19)23-16-13(17)6-5-9-18-16/h3-9,12H,2,10-11H2,1H3. The van der Waals surface area contributed by atoms with Gasteiger partial charge in [-0.1, -0.05) is 12.1 Å². The first-order valence-corrected chi connectivity index (χ1v) is 9.75. The molecule has 0 amide bonds. The lowest BCUT2D eigenvalue weighted by Gasteiger charge is -2.37. The molecule has 24 heavy (non-hydrogen) atoms. The van der Waals surface area contributed by atoms with Crippen LogP contribution in [0.25, 0.3) is 0 Å². The third kappa shape index (κ3) is 3.40. The first-order chi connectivity index (χ1) is 11.5. The van der Waals surface area contributed by atoms with Gasteiger partial charge in [0.05, 0.1) is 24.2 Å². The summed E-state index contributed by atoms with van der Waals surface area (Å²) in [6.45, 7) is 2.80. The van der Waals surface area contributed by atoms with Crippen molar-refractivity contribution in [2.75, 3.05) is 19.7 Å². The Labute approximate surface area is 149 Å². The maximum Gasteiger partial charge on any atom is 0.247 e. The van der Waals surface area contributed by atoms with Crippen LogP contribution >= 0.6 is 15.9 Å². The van der Waals surface area contributed by atoms with Crippen LogP contribution in [0, 0.1) is 0 Å². The van der Waals surface area contributed by atoms with Crippen molar-refractivity contribution in [1.82, 2.24) is 9.29 Å². The molecule has 1 aromatic carbocycles. The van der Waals surface area contributed by atoms with Crippen LogP contribution in [0.1, 0.15) is 6.92 Å². The Morgan fingerprint density at radius 3 is 2.71 bits per heavy atom. The lowest BCUT2D eigenvalue weighted by atomic mass is 10.2. The molecule has 3 rings (SSSR count). The minimum Gasteiger partial charge on any atom is -0.492 e. The molecular weight excluding hydrogens is 396 g/mol. The summed E-state index contributed by atoms with van der Waals surface area (Å²) >= 11 is 3.36. The highest BCUT2D eigenvalue weighted by molar-refractivity contribution is 9.10. The summed E-state index contributed by atoms with van der Waals surface area (Å²) in [5, 5.41) is 0. The average Bonchev–Trinajstić information content (AvgIpc) is 2.52. The molecule has 128 valence electrons. The number of hydrogen-bond donors (Lipinski definition) is 0. The third-order valence-corrected chi connectivity index (χ3v) is 6.06. The zero-order chi connectivity index (χ0) is 17.2. The molecular formula is C16H17BrN2O4S. The van der Waals surface area contributed by atoms with E-state index >= 15 is 0 Å². The second-order valence-electron chi connectivity index (χ2n) is 5.23. The summed E-state index contributed by atoms with van der Waals surface area (Å²) in [6, 6.07) is 10.3. The Kier molecular flexibility index (Phi) is 5.07. The van der Waals surface area contributed by atoms with Crippen molar-refractivity contribution in [2.45, 2.75) is 17.9 Å². The molecule has 2 aromatic rings. The van der Waals surface area contributed by atoms with Gasteiger partial charge in [0.15, 0.2) is 0 Å². The number of hydrogen-bond acceptors (Lipinski definition) is 5. The van der Waals surface area contributed by atoms with Gasteiger partial charge in [-0.15, -0.1) is 0 Å². The average molecular weight is 413 g/mol. The maximum absolute atomic E-state index is 12.7. The van der Waals surface area contributed by atoms with Gasteiger partial charge in [-0.2, -0.15) is 4.31 Å². The number of benzene rings is 1. The molecule has 0 bridgehead atoms. The number of para-hydroxylation sites is 1. The number of sulfonamides is 1. The van der Waals surface area contributed by atoms with Crippen LogP contribution < -0.4 is 9.47 Å². The van der Waals surface area contributed by atoms with Crippen LogP contribution in [-0.2, 0) is 10.0 Å². The number of pyridine rings is 1. The lowest BCUT2D eigenvalue weighted by molar-refractivity contribution is 0.0712. The Hall–Kier alpha value is -1.64. The van der Waals surface area contributed by atoms with Crippen molar-refractivity contribution < 1.29 is 17.9 Å². The second-order valence-corrected chi connectivity index (χ2v) is 7.99. The van der Waals surface area contributed by atoms with Gasteiger partial charge in [-0.3, -0.25) is 0 Å².